The molecule has 1 aromatic carbocycles. The third-order valence-corrected chi connectivity index (χ3v) is 2.66. The lowest BCUT2D eigenvalue weighted by Gasteiger charge is -2.21. The van der Waals surface area contributed by atoms with E-state index in [4.69, 9.17) is 9.47 Å². The van der Waals surface area contributed by atoms with E-state index in [1.807, 2.05) is 13.8 Å². The molecule has 0 amide bonds. The lowest BCUT2D eigenvalue weighted by molar-refractivity contribution is 0.110. The van der Waals surface area contributed by atoms with Crippen molar-refractivity contribution in [2.45, 2.75) is 26.3 Å². The molecule has 0 aliphatic rings. The summed E-state index contributed by atoms with van der Waals surface area (Å²) in [6.45, 7) is 5.90. The molecule has 0 radical (unpaired) electrons. The van der Waals surface area contributed by atoms with Crippen LogP contribution in [-0.2, 0) is 4.74 Å². The van der Waals surface area contributed by atoms with Crippen LogP contribution in [0.3, 0.4) is 0 Å². The normalized spacial score (nSPS) is 12.4. The van der Waals surface area contributed by atoms with Gasteiger partial charge < -0.3 is 14.8 Å². The van der Waals surface area contributed by atoms with Crippen molar-refractivity contribution in [1.29, 1.82) is 0 Å². The average molecular weight is 255 g/mol. The maximum absolute atomic E-state index is 13.9. The number of halogens is 1. The van der Waals surface area contributed by atoms with Gasteiger partial charge in [0.1, 0.15) is 11.6 Å². The van der Waals surface area contributed by atoms with Crippen molar-refractivity contribution in [3.63, 3.8) is 0 Å². The van der Waals surface area contributed by atoms with Crippen molar-refractivity contribution < 1.29 is 13.9 Å². The number of ether oxygens (including phenoxy) is 2. The maximum atomic E-state index is 13.9. The molecule has 1 aromatic rings. The molecular formula is C14H22FNO2. The highest BCUT2D eigenvalue weighted by Gasteiger charge is 2.19. The molecular weight excluding hydrogens is 233 g/mol. The second-order valence-electron chi connectivity index (χ2n) is 4.04. The lowest BCUT2D eigenvalue weighted by Crippen LogP contribution is -2.27. The van der Waals surface area contributed by atoms with Crippen molar-refractivity contribution in [2.75, 3.05) is 26.9 Å². The summed E-state index contributed by atoms with van der Waals surface area (Å²) < 4.78 is 24.7. The highest BCUT2D eigenvalue weighted by atomic mass is 19.1. The molecule has 0 saturated heterocycles. The van der Waals surface area contributed by atoms with Gasteiger partial charge in [-0.15, -0.1) is 0 Å². The summed E-state index contributed by atoms with van der Waals surface area (Å²) in [5.74, 6) is 0.293. The summed E-state index contributed by atoms with van der Waals surface area (Å²) in [6, 6.07) is 4.68. The number of hydrogen-bond donors (Lipinski definition) is 1. The number of benzene rings is 1. The van der Waals surface area contributed by atoms with E-state index in [0.29, 0.717) is 24.5 Å². The summed E-state index contributed by atoms with van der Waals surface area (Å²) >= 11 is 0. The number of nitrogens with one attached hydrogen (secondary N) is 1. The first kappa shape index (κ1) is 14.9. The first-order valence-electron chi connectivity index (χ1n) is 6.38. The second kappa shape index (κ2) is 8.06. The predicted molar refractivity (Wildman–Crippen MR) is 70.5 cm³/mol. The molecule has 0 heterocycles. The highest BCUT2D eigenvalue weighted by molar-refractivity contribution is 5.37. The maximum Gasteiger partial charge on any atom is 0.131 e. The Balaban J connectivity index is 2.89. The van der Waals surface area contributed by atoms with E-state index in [2.05, 4.69) is 5.32 Å². The first-order valence-corrected chi connectivity index (χ1v) is 6.38. The van der Waals surface area contributed by atoms with Gasteiger partial charge in [0.2, 0.25) is 0 Å². The topological polar surface area (TPSA) is 30.5 Å². The smallest absolute Gasteiger partial charge is 0.131 e. The van der Waals surface area contributed by atoms with Crippen LogP contribution in [-0.4, -0.2) is 26.9 Å². The number of methoxy groups -OCH3 is 1. The van der Waals surface area contributed by atoms with Crippen molar-refractivity contribution in [3.8, 4) is 5.75 Å². The van der Waals surface area contributed by atoms with Crippen LogP contribution in [0.1, 0.15) is 31.9 Å². The quantitative estimate of drug-likeness (QED) is 0.724. The third kappa shape index (κ3) is 3.96. The second-order valence-corrected chi connectivity index (χ2v) is 4.04. The zero-order chi connectivity index (χ0) is 13.4. The van der Waals surface area contributed by atoms with Crippen LogP contribution in [0.5, 0.6) is 5.75 Å². The summed E-state index contributed by atoms with van der Waals surface area (Å²) in [4.78, 5) is 0. The van der Waals surface area contributed by atoms with Gasteiger partial charge in [-0.2, -0.15) is 0 Å². The molecule has 1 rings (SSSR count). The molecule has 102 valence electrons. The van der Waals surface area contributed by atoms with Gasteiger partial charge in [0.15, 0.2) is 0 Å². The molecule has 18 heavy (non-hydrogen) atoms. The monoisotopic (exact) mass is 255 g/mol. The minimum Gasteiger partial charge on any atom is -0.496 e. The molecule has 0 aliphatic heterocycles. The van der Waals surface area contributed by atoms with Crippen LogP contribution in [0, 0.1) is 5.82 Å². The number of rotatable bonds is 8. The van der Waals surface area contributed by atoms with Crippen LogP contribution in [0.25, 0.3) is 0 Å². The SMILES string of the molecule is CCCOCC(NCC)c1c(F)cccc1OC. The molecule has 0 saturated carbocycles. The Bertz CT molecular complexity index is 358. The van der Waals surface area contributed by atoms with Crippen LogP contribution in [0.15, 0.2) is 18.2 Å². The van der Waals surface area contributed by atoms with Gasteiger partial charge in [-0.1, -0.05) is 19.9 Å². The van der Waals surface area contributed by atoms with Gasteiger partial charge in [0.25, 0.3) is 0 Å². The Hall–Kier alpha value is -1.13. The Morgan fingerprint density at radius 3 is 2.72 bits per heavy atom. The van der Waals surface area contributed by atoms with Crippen LogP contribution in [0.2, 0.25) is 0 Å². The van der Waals surface area contributed by atoms with Crippen LogP contribution >= 0.6 is 0 Å². The first-order chi connectivity index (χ1) is 8.74. The fraction of sp³-hybridized carbons (Fsp3) is 0.571. The minimum atomic E-state index is -0.264. The van der Waals surface area contributed by atoms with Gasteiger partial charge in [0, 0.05) is 12.2 Å². The van der Waals surface area contributed by atoms with E-state index in [0.717, 1.165) is 13.0 Å². The van der Waals surface area contributed by atoms with E-state index < -0.39 is 0 Å². The summed E-state index contributed by atoms with van der Waals surface area (Å²) in [5.41, 5.74) is 0.540. The van der Waals surface area contributed by atoms with Gasteiger partial charge in [0.05, 0.1) is 19.8 Å². The fourth-order valence-corrected chi connectivity index (χ4v) is 1.87. The minimum absolute atomic E-state index is 0.183. The van der Waals surface area contributed by atoms with Gasteiger partial charge >= 0.3 is 0 Å². The molecule has 1 atom stereocenters. The Morgan fingerprint density at radius 2 is 2.11 bits per heavy atom. The summed E-state index contributed by atoms with van der Waals surface area (Å²) in [5, 5.41) is 3.23. The van der Waals surface area contributed by atoms with Gasteiger partial charge in [-0.25, -0.2) is 4.39 Å². The van der Waals surface area contributed by atoms with E-state index >= 15 is 0 Å². The Kier molecular flexibility index (Phi) is 6.68. The molecule has 0 spiro atoms. The average Bonchev–Trinajstić information content (AvgIpc) is 2.38. The summed E-state index contributed by atoms with van der Waals surface area (Å²) in [6.07, 6.45) is 0.952. The van der Waals surface area contributed by atoms with E-state index in [-0.39, 0.29) is 11.9 Å². The highest BCUT2D eigenvalue weighted by Crippen LogP contribution is 2.28. The van der Waals surface area contributed by atoms with Crippen molar-refractivity contribution in [1.82, 2.24) is 5.32 Å². The van der Waals surface area contributed by atoms with E-state index in [1.54, 1.807) is 19.2 Å². The largest absolute Gasteiger partial charge is 0.496 e. The fourth-order valence-electron chi connectivity index (χ4n) is 1.87. The molecule has 4 heteroatoms. The molecule has 1 unspecified atom stereocenters. The van der Waals surface area contributed by atoms with Crippen LogP contribution < -0.4 is 10.1 Å². The molecule has 0 aliphatic carbocycles. The molecule has 0 fully saturated rings. The van der Waals surface area contributed by atoms with Crippen molar-refractivity contribution >= 4 is 0 Å². The Morgan fingerprint density at radius 1 is 1.33 bits per heavy atom. The van der Waals surface area contributed by atoms with Crippen LogP contribution in [0.4, 0.5) is 4.39 Å². The molecule has 0 bridgehead atoms. The molecule has 3 nitrogen and oxygen atoms in total. The van der Waals surface area contributed by atoms with Crippen molar-refractivity contribution in [3.05, 3.63) is 29.6 Å². The third-order valence-electron chi connectivity index (χ3n) is 2.66. The zero-order valence-corrected chi connectivity index (χ0v) is 11.3. The molecule has 1 N–H and O–H groups in total. The van der Waals surface area contributed by atoms with E-state index in [9.17, 15) is 4.39 Å². The molecule has 0 aromatic heterocycles. The zero-order valence-electron chi connectivity index (χ0n) is 11.3. The predicted octanol–water partition coefficient (Wildman–Crippen LogP) is 2.91. The number of hydrogen-bond acceptors (Lipinski definition) is 3. The van der Waals surface area contributed by atoms with Crippen molar-refractivity contribution in [2.24, 2.45) is 0 Å². The summed E-state index contributed by atoms with van der Waals surface area (Å²) in [7, 11) is 1.55. The van der Waals surface area contributed by atoms with Gasteiger partial charge in [-0.05, 0) is 25.1 Å². The lowest BCUT2D eigenvalue weighted by atomic mass is 10.1. The van der Waals surface area contributed by atoms with E-state index in [1.165, 1.54) is 6.07 Å². The Labute approximate surface area is 108 Å². The van der Waals surface area contributed by atoms with Gasteiger partial charge in [-0.3, -0.25) is 0 Å². The standard InChI is InChI=1S/C14H22FNO2/c1-4-9-18-10-12(16-5-2)14-11(15)7-6-8-13(14)17-3/h6-8,12,16H,4-5,9-10H2,1-3H3. The number of likely N-dealkylation sites (N-methyl/N-ethyl adjacent to an activating group) is 1.